The van der Waals surface area contributed by atoms with Crippen LogP contribution in [-0.2, 0) is 17.3 Å². The van der Waals surface area contributed by atoms with Gasteiger partial charge in [-0.2, -0.15) is 0 Å². The quantitative estimate of drug-likeness (QED) is 0.579. The molecule has 1 aliphatic heterocycles. The van der Waals surface area contributed by atoms with Crippen LogP contribution in [0.15, 0.2) is 64.5 Å². The smallest absolute Gasteiger partial charge is 0.193 e. The zero-order valence-electron chi connectivity index (χ0n) is 16.2. The Hall–Kier alpha value is -1.89. The summed E-state index contributed by atoms with van der Waals surface area (Å²) in [7, 11) is 0.808. The number of rotatable bonds is 6. The van der Waals surface area contributed by atoms with Crippen molar-refractivity contribution in [3.05, 3.63) is 65.2 Å². The molecule has 5 nitrogen and oxygen atoms in total. The Kier molecular flexibility index (Phi) is 7.89. The van der Waals surface area contributed by atoms with Crippen LogP contribution in [0.2, 0.25) is 5.02 Å². The Bertz CT molecular complexity index is 807. The third-order valence-corrected chi connectivity index (χ3v) is 6.36. The predicted molar refractivity (Wildman–Crippen MR) is 117 cm³/mol. The van der Waals surface area contributed by atoms with Crippen LogP contribution in [0.5, 0.6) is 0 Å². The van der Waals surface area contributed by atoms with Gasteiger partial charge in [0.15, 0.2) is 5.96 Å². The molecule has 150 valence electrons. The van der Waals surface area contributed by atoms with Gasteiger partial charge in [0.25, 0.3) is 0 Å². The monoisotopic (exact) mass is 418 g/mol. The third-order valence-electron chi connectivity index (χ3n) is 4.76. The van der Waals surface area contributed by atoms with E-state index in [1.807, 2.05) is 48.5 Å². The van der Waals surface area contributed by atoms with Crippen LogP contribution in [0.3, 0.4) is 0 Å². The lowest BCUT2D eigenvalue weighted by atomic mass is 10.2. The van der Waals surface area contributed by atoms with Gasteiger partial charge in [0, 0.05) is 62.0 Å². The molecule has 28 heavy (non-hydrogen) atoms. The molecule has 0 radical (unpaired) electrons. The summed E-state index contributed by atoms with van der Waals surface area (Å²) < 4.78 is 12.3. The molecule has 1 atom stereocenters. The van der Waals surface area contributed by atoms with Crippen molar-refractivity contribution in [2.45, 2.75) is 11.4 Å². The van der Waals surface area contributed by atoms with E-state index in [2.05, 4.69) is 26.2 Å². The Labute approximate surface area is 174 Å². The van der Waals surface area contributed by atoms with Crippen LogP contribution in [0.1, 0.15) is 5.56 Å². The standard InChI is InChI=1S/C21H27ClN4OS/c1-23-21(24-10-15-28(27)20-8-3-2-4-9-20)26-13-11-25(12-14-26)17-18-6-5-7-19(22)16-18/h2-9,16H,10-15,17H2,1H3,(H,23,24). The average molecular weight is 419 g/mol. The SMILES string of the molecule is CN=C(NCCS(=O)c1ccccc1)N1CCN(Cc2cccc(Cl)c2)CC1. The summed E-state index contributed by atoms with van der Waals surface area (Å²) in [5.74, 6) is 1.45. The number of nitrogens with zero attached hydrogens (tertiary/aromatic N) is 3. The molecule has 1 N–H and O–H groups in total. The van der Waals surface area contributed by atoms with E-state index in [-0.39, 0.29) is 0 Å². The van der Waals surface area contributed by atoms with E-state index in [0.29, 0.717) is 12.3 Å². The van der Waals surface area contributed by atoms with Crippen molar-refractivity contribution in [1.29, 1.82) is 0 Å². The number of guanidine groups is 1. The Morgan fingerprint density at radius 1 is 1.11 bits per heavy atom. The van der Waals surface area contributed by atoms with Crippen molar-refractivity contribution in [2.75, 3.05) is 45.5 Å². The van der Waals surface area contributed by atoms with E-state index in [4.69, 9.17) is 11.6 Å². The Balaban J connectivity index is 1.43. The van der Waals surface area contributed by atoms with Gasteiger partial charge in [-0.25, -0.2) is 0 Å². The van der Waals surface area contributed by atoms with Gasteiger partial charge in [-0.1, -0.05) is 41.9 Å². The van der Waals surface area contributed by atoms with E-state index in [1.165, 1.54) is 5.56 Å². The largest absolute Gasteiger partial charge is 0.355 e. The first-order valence-electron chi connectivity index (χ1n) is 9.51. The maximum absolute atomic E-state index is 12.3. The summed E-state index contributed by atoms with van der Waals surface area (Å²) in [4.78, 5) is 9.96. The van der Waals surface area contributed by atoms with Crippen LogP contribution in [0.4, 0.5) is 0 Å². The summed E-state index contributed by atoms with van der Waals surface area (Å²) in [5.41, 5.74) is 1.24. The third kappa shape index (κ3) is 6.06. The summed E-state index contributed by atoms with van der Waals surface area (Å²) in [6.45, 7) is 5.34. The summed E-state index contributed by atoms with van der Waals surface area (Å²) in [5, 5.41) is 4.14. The first kappa shape index (κ1) is 20.8. The number of halogens is 1. The number of hydrogen-bond donors (Lipinski definition) is 1. The molecule has 2 aromatic rings. The number of nitrogens with one attached hydrogen (secondary N) is 1. The van der Waals surface area contributed by atoms with Gasteiger partial charge < -0.3 is 10.2 Å². The predicted octanol–water partition coefficient (Wildman–Crippen LogP) is 2.84. The van der Waals surface area contributed by atoms with Gasteiger partial charge >= 0.3 is 0 Å². The minimum atomic E-state index is -0.992. The molecule has 7 heteroatoms. The van der Waals surface area contributed by atoms with E-state index < -0.39 is 10.8 Å². The molecule has 1 fully saturated rings. The van der Waals surface area contributed by atoms with Crippen molar-refractivity contribution in [3.63, 3.8) is 0 Å². The minimum Gasteiger partial charge on any atom is -0.355 e. The fourth-order valence-corrected chi connectivity index (χ4v) is 4.49. The second-order valence-electron chi connectivity index (χ2n) is 6.73. The summed E-state index contributed by atoms with van der Waals surface area (Å²) >= 11 is 6.08. The van der Waals surface area contributed by atoms with Crippen LogP contribution >= 0.6 is 11.6 Å². The highest BCUT2D eigenvalue weighted by Gasteiger charge is 2.19. The molecule has 0 saturated carbocycles. The highest BCUT2D eigenvalue weighted by molar-refractivity contribution is 7.85. The fraction of sp³-hybridized carbons (Fsp3) is 0.381. The van der Waals surface area contributed by atoms with Crippen LogP contribution < -0.4 is 5.32 Å². The molecule has 0 aliphatic carbocycles. The minimum absolute atomic E-state index is 0.567. The molecule has 1 heterocycles. The molecule has 0 amide bonds. The first-order chi connectivity index (χ1) is 13.7. The van der Waals surface area contributed by atoms with Crippen molar-refractivity contribution in [3.8, 4) is 0 Å². The number of benzene rings is 2. The van der Waals surface area contributed by atoms with Crippen LogP contribution in [-0.4, -0.2) is 65.5 Å². The number of aliphatic imine (C=N–C) groups is 1. The highest BCUT2D eigenvalue weighted by atomic mass is 35.5. The lowest BCUT2D eigenvalue weighted by Gasteiger charge is -2.36. The lowest BCUT2D eigenvalue weighted by Crippen LogP contribution is -2.52. The van der Waals surface area contributed by atoms with Gasteiger partial charge in [0.2, 0.25) is 0 Å². The topological polar surface area (TPSA) is 47.9 Å². The summed E-state index contributed by atoms with van der Waals surface area (Å²) in [6, 6.07) is 17.6. The molecule has 1 unspecified atom stereocenters. The van der Waals surface area contributed by atoms with E-state index in [9.17, 15) is 4.21 Å². The zero-order chi connectivity index (χ0) is 19.8. The van der Waals surface area contributed by atoms with Crippen molar-refractivity contribution >= 4 is 28.4 Å². The van der Waals surface area contributed by atoms with Gasteiger partial charge in [0.05, 0.1) is 10.8 Å². The fourth-order valence-electron chi connectivity index (χ4n) is 3.29. The molecular weight excluding hydrogens is 392 g/mol. The Morgan fingerprint density at radius 3 is 2.54 bits per heavy atom. The highest BCUT2D eigenvalue weighted by Crippen LogP contribution is 2.14. The van der Waals surface area contributed by atoms with E-state index >= 15 is 0 Å². The van der Waals surface area contributed by atoms with Crippen LogP contribution in [0.25, 0.3) is 0 Å². The maximum atomic E-state index is 12.3. The zero-order valence-corrected chi connectivity index (χ0v) is 17.8. The second-order valence-corrected chi connectivity index (χ2v) is 8.74. The lowest BCUT2D eigenvalue weighted by molar-refractivity contribution is 0.172. The van der Waals surface area contributed by atoms with Gasteiger partial charge in [-0.15, -0.1) is 0 Å². The number of piperazine rings is 1. The number of hydrogen-bond acceptors (Lipinski definition) is 3. The average Bonchev–Trinajstić information content (AvgIpc) is 2.72. The molecule has 2 aromatic carbocycles. The maximum Gasteiger partial charge on any atom is 0.193 e. The molecule has 1 saturated heterocycles. The van der Waals surface area contributed by atoms with Crippen molar-refractivity contribution in [1.82, 2.24) is 15.1 Å². The van der Waals surface area contributed by atoms with Crippen molar-refractivity contribution in [2.24, 2.45) is 4.99 Å². The molecule has 3 rings (SSSR count). The molecule has 0 bridgehead atoms. The molecule has 0 spiro atoms. The molecular formula is C21H27ClN4OS. The van der Waals surface area contributed by atoms with Gasteiger partial charge in [-0.05, 0) is 29.8 Å². The first-order valence-corrected chi connectivity index (χ1v) is 11.2. The van der Waals surface area contributed by atoms with E-state index in [0.717, 1.165) is 48.6 Å². The summed E-state index contributed by atoms with van der Waals surface area (Å²) in [6.07, 6.45) is 0. The van der Waals surface area contributed by atoms with Crippen molar-refractivity contribution < 1.29 is 4.21 Å². The molecule has 1 aliphatic rings. The molecule has 0 aromatic heterocycles. The second kappa shape index (κ2) is 10.6. The Morgan fingerprint density at radius 2 is 1.86 bits per heavy atom. The van der Waals surface area contributed by atoms with Gasteiger partial charge in [-0.3, -0.25) is 14.1 Å². The van der Waals surface area contributed by atoms with Crippen LogP contribution in [0, 0.1) is 0 Å². The van der Waals surface area contributed by atoms with E-state index in [1.54, 1.807) is 7.05 Å². The van der Waals surface area contributed by atoms with Gasteiger partial charge in [0.1, 0.15) is 0 Å². The normalized spacial score (nSPS) is 16.8.